The van der Waals surface area contributed by atoms with Crippen LogP contribution in [0.4, 0.5) is 0 Å². The predicted octanol–water partition coefficient (Wildman–Crippen LogP) is -1.05. The van der Waals surface area contributed by atoms with Crippen LogP contribution in [-0.4, -0.2) is 38.0 Å². The Kier molecular flexibility index (Phi) is 11.8. The third kappa shape index (κ3) is 5.26. The summed E-state index contributed by atoms with van der Waals surface area (Å²) in [7, 11) is 2.41. The number of Topliss-reactive ketones (excluding diaryl/α,β-unsaturated/α-hetero) is 1. The molecule has 0 saturated heterocycles. The Morgan fingerprint density at radius 2 is 1.85 bits per heavy atom. The van der Waals surface area contributed by atoms with Gasteiger partial charge in [-0.15, -0.1) is 0 Å². The van der Waals surface area contributed by atoms with Crippen LogP contribution in [0.3, 0.4) is 0 Å². The second-order valence-electron chi connectivity index (χ2n) is 6.44. The van der Waals surface area contributed by atoms with Gasteiger partial charge in [-0.1, -0.05) is 46.0 Å². The quantitative estimate of drug-likeness (QED) is 0.121. The molecule has 0 spiro atoms. The standard InChI is InChI=1S/C19H29O6.Na/c1-5-7-8-9-11-14-17(21)16(18(22)24-3)13(10-6-2)15(12-20)19(14,23)25-4;/h12,14,16H,5-11H2,1-4H3;/q-1;+1. The Balaban J connectivity index is 0.00000625. The summed E-state index contributed by atoms with van der Waals surface area (Å²) < 4.78 is 9.91. The van der Waals surface area contributed by atoms with Gasteiger partial charge in [-0.25, -0.2) is 0 Å². The molecule has 1 rings (SSSR count). The fourth-order valence-corrected chi connectivity index (χ4v) is 3.57. The number of esters is 1. The van der Waals surface area contributed by atoms with Crippen LogP contribution in [0.5, 0.6) is 0 Å². The maximum atomic E-state index is 13.3. The van der Waals surface area contributed by atoms with E-state index in [0.717, 1.165) is 19.3 Å². The van der Waals surface area contributed by atoms with Crippen molar-refractivity contribution < 1.29 is 58.5 Å². The number of unbranched alkanes of at least 4 members (excludes halogenated alkanes) is 3. The van der Waals surface area contributed by atoms with Crippen LogP contribution in [0, 0.1) is 11.8 Å². The number of hydrogen-bond donors (Lipinski definition) is 0. The van der Waals surface area contributed by atoms with E-state index in [-0.39, 0.29) is 40.7 Å². The SMILES string of the molecule is CCCCCCC1C(=O)C(C(=O)OC)C(CCC)=C(C=O)C1([O-])OC.[Na+]. The van der Waals surface area contributed by atoms with Crippen LogP contribution in [0.15, 0.2) is 11.1 Å². The summed E-state index contributed by atoms with van der Waals surface area (Å²) in [5, 5.41) is 13.3. The molecule has 26 heavy (non-hydrogen) atoms. The van der Waals surface area contributed by atoms with E-state index in [1.165, 1.54) is 14.2 Å². The molecule has 0 fully saturated rings. The van der Waals surface area contributed by atoms with Gasteiger partial charge in [0.15, 0.2) is 5.78 Å². The minimum absolute atomic E-state index is 0. The molecular weight excluding hydrogens is 347 g/mol. The first-order valence-electron chi connectivity index (χ1n) is 8.98. The van der Waals surface area contributed by atoms with E-state index in [9.17, 15) is 19.5 Å². The van der Waals surface area contributed by atoms with Gasteiger partial charge in [-0.3, -0.25) is 14.4 Å². The van der Waals surface area contributed by atoms with Gasteiger partial charge in [0.1, 0.15) is 12.2 Å². The number of hydrogen-bond acceptors (Lipinski definition) is 6. The number of carbonyl (C=O) groups is 3. The molecule has 0 aromatic heterocycles. The number of ether oxygens (including phenoxy) is 2. The van der Waals surface area contributed by atoms with Crippen molar-refractivity contribution in [3.05, 3.63) is 11.1 Å². The maximum absolute atomic E-state index is 13.3. The van der Waals surface area contributed by atoms with Gasteiger partial charge in [0.25, 0.3) is 0 Å². The molecule has 0 bridgehead atoms. The van der Waals surface area contributed by atoms with Crippen molar-refractivity contribution >= 4 is 18.0 Å². The Labute approximate surface area is 178 Å². The van der Waals surface area contributed by atoms with Crippen LogP contribution >= 0.6 is 0 Å². The molecule has 142 valence electrons. The zero-order valence-electron chi connectivity index (χ0n) is 16.6. The van der Waals surface area contributed by atoms with Crippen molar-refractivity contribution in [2.45, 2.75) is 64.6 Å². The Morgan fingerprint density at radius 3 is 2.31 bits per heavy atom. The van der Waals surface area contributed by atoms with Crippen LogP contribution in [-0.2, 0) is 23.9 Å². The summed E-state index contributed by atoms with van der Waals surface area (Å²) in [4.78, 5) is 36.9. The summed E-state index contributed by atoms with van der Waals surface area (Å²) >= 11 is 0. The van der Waals surface area contributed by atoms with Gasteiger partial charge in [-0.05, 0) is 18.4 Å². The average Bonchev–Trinajstić information content (AvgIpc) is 2.61. The molecule has 0 heterocycles. The Hall–Kier alpha value is -0.530. The number of ketones is 1. The van der Waals surface area contributed by atoms with Crippen molar-refractivity contribution in [3.8, 4) is 0 Å². The minimum Gasteiger partial charge on any atom is -0.824 e. The monoisotopic (exact) mass is 376 g/mol. The number of aldehydes is 1. The molecule has 0 aromatic carbocycles. The molecule has 0 amide bonds. The number of rotatable bonds is 10. The van der Waals surface area contributed by atoms with Crippen molar-refractivity contribution in [1.29, 1.82) is 0 Å². The van der Waals surface area contributed by atoms with E-state index < -0.39 is 29.4 Å². The summed E-state index contributed by atoms with van der Waals surface area (Å²) in [5.41, 5.74) is 0.128. The largest absolute Gasteiger partial charge is 1.00 e. The average molecular weight is 376 g/mol. The van der Waals surface area contributed by atoms with E-state index in [4.69, 9.17) is 9.47 Å². The molecule has 6 nitrogen and oxygen atoms in total. The zero-order chi connectivity index (χ0) is 19.0. The summed E-state index contributed by atoms with van der Waals surface area (Å²) in [6.45, 7) is 3.92. The molecule has 3 unspecified atom stereocenters. The molecule has 0 radical (unpaired) electrons. The van der Waals surface area contributed by atoms with Gasteiger partial charge in [-0.2, -0.15) is 0 Å². The topological polar surface area (TPSA) is 92.7 Å². The third-order valence-corrected chi connectivity index (χ3v) is 4.88. The first-order valence-corrected chi connectivity index (χ1v) is 8.98. The molecule has 0 saturated carbocycles. The first-order chi connectivity index (χ1) is 11.9. The van der Waals surface area contributed by atoms with Crippen LogP contribution < -0.4 is 34.7 Å². The third-order valence-electron chi connectivity index (χ3n) is 4.88. The minimum atomic E-state index is -2.24. The van der Waals surface area contributed by atoms with Crippen LogP contribution in [0.2, 0.25) is 0 Å². The smallest absolute Gasteiger partial charge is 0.824 e. The van der Waals surface area contributed by atoms with Crippen molar-refractivity contribution in [3.63, 3.8) is 0 Å². The molecule has 0 aromatic rings. The van der Waals surface area contributed by atoms with Crippen molar-refractivity contribution in [2.24, 2.45) is 11.8 Å². The van der Waals surface area contributed by atoms with Crippen LogP contribution in [0.25, 0.3) is 0 Å². The van der Waals surface area contributed by atoms with Gasteiger partial charge >= 0.3 is 35.5 Å². The second-order valence-corrected chi connectivity index (χ2v) is 6.44. The van der Waals surface area contributed by atoms with E-state index in [1.54, 1.807) is 0 Å². The molecule has 1 aliphatic rings. The Bertz CT molecular complexity index is 530. The predicted molar refractivity (Wildman–Crippen MR) is 90.5 cm³/mol. The summed E-state index contributed by atoms with van der Waals surface area (Å²) in [5.74, 6) is -5.70. The van der Waals surface area contributed by atoms with Gasteiger partial charge in [0, 0.05) is 24.4 Å². The van der Waals surface area contributed by atoms with Crippen molar-refractivity contribution in [2.75, 3.05) is 14.2 Å². The first kappa shape index (κ1) is 25.5. The zero-order valence-corrected chi connectivity index (χ0v) is 18.6. The maximum Gasteiger partial charge on any atom is 1.00 e. The molecule has 3 atom stereocenters. The molecule has 1 aliphatic carbocycles. The molecule has 0 aliphatic heterocycles. The molecular formula is C19H29NaO6. The van der Waals surface area contributed by atoms with Gasteiger partial charge < -0.3 is 14.6 Å². The number of carbonyl (C=O) groups excluding carboxylic acids is 3. The van der Waals surface area contributed by atoms with E-state index >= 15 is 0 Å². The molecule has 7 heteroatoms. The molecule has 0 N–H and O–H groups in total. The normalized spacial score (nSPS) is 25.7. The summed E-state index contributed by atoms with van der Waals surface area (Å²) in [6, 6.07) is 0. The summed E-state index contributed by atoms with van der Waals surface area (Å²) in [6.07, 6.45) is 5.20. The fraction of sp³-hybridized carbons (Fsp3) is 0.737. The van der Waals surface area contributed by atoms with E-state index in [0.29, 0.717) is 32.0 Å². The number of methoxy groups -OCH3 is 2. The van der Waals surface area contributed by atoms with E-state index in [1.807, 2.05) is 6.92 Å². The van der Waals surface area contributed by atoms with Crippen LogP contribution in [0.1, 0.15) is 58.8 Å². The van der Waals surface area contributed by atoms with Gasteiger partial charge in [0.2, 0.25) is 0 Å². The van der Waals surface area contributed by atoms with Gasteiger partial charge in [0.05, 0.1) is 7.11 Å². The second kappa shape index (κ2) is 12.0. The fourth-order valence-electron chi connectivity index (χ4n) is 3.57. The van der Waals surface area contributed by atoms with Crippen molar-refractivity contribution in [1.82, 2.24) is 0 Å². The van der Waals surface area contributed by atoms with E-state index in [2.05, 4.69) is 6.92 Å². The Morgan fingerprint density at radius 1 is 1.19 bits per heavy atom.